The van der Waals surface area contributed by atoms with Crippen molar-refractivity contribution in [2.45, 2.75) is 51.9 Å². The molecule has 32 heavy (non-hydrogen) atoms. The largest absolute Gasteiger partial charge is 0.478 e. The Morgan fingerprint density at radius 1 is 1.22 bits per heavy atom. The molecule has 1 fully saturated rings. The molecule has 2 aromatic rings. The molecule has 0 saturated carbocycles. The van der Waals surface area contributed by atoms with Gasteiger partial charge in [0.1, 0.15) is 18.1 Å². The minimum Gasteiger partial charge on any atom is -0.478 e. The zero-order valence-electron chi connectivity index (χ0n) is 18.6. The van der Waals surface area contributed by atoms with Crippen LogP contribution in [0.25, 0.3) is 0 Å². The van der Waals surface area contributed by atoms with Gasteiger partial charge in [-0.25, -0.2) is 4.39 Å². The van der Waals surface area contributed by atoms with Crippen molar-refractivity contribution in [3.05, 3.63) is 59.4 Å². The summed E-state index contributed by atoms with van der Waals surface area (Å²) in [6, 6.07) is 11.8. The van der Waals surface area contributed by atoms with Gasteiger partial charge in [0.2, 0.25) is 5.91 Å². The third-order valence-electron chi connectivity index (χ3n) is 5.97. The molecule has 0 unspecified atom stereocenters. The first-order chi connectivity index (χ1) is 15.4. The molecule has 2 aromatic carbocycles. The van der Waals surface area contributed by atoms with Crippen molar-refractivity contribution in [1.29, 1.82) is 0 Å². The van der Waals surface area contributed by atoms with Crippen molar-refractivity contribution in [2.24, 2.45) is 0 Å². The molecule has 1 saturated heterocycles. The first-order valence-corrected chi connectivity index (χ1v) is 11.2. The Hall–Kier alpha value is -2.93. The predicted molar refractivity (Wildman–Crippen MR) is 119 cm³/mol. The maximum Gasteiger partial charge on any atom is 0.268 e. The number of benzene rings is 2. The van der Waals surface area contributed by atoms with Gasteiger partial charge in [0.05, 0.1) is 11.8 Å². The molecular weight excluding hydrogens is 411 g/mol. The SMILES string of the molecule is CC[C@@H]1Oc2ccc(C)cc2N(CC(=O)N(Cc2ccc(F)cc2)C[C@H]2CCCO2)C1=O. The van der Waals surface area contributed by atoms with Gasteiger partial charge < -0.3 is 14.4 Å². The van der Waals surface area contributed by atoms with E-state index in [0.717, 1.165) is 24.0 Å². The standard InChI is InChI=1S/C25H29FN2O4/c1-3-22-25(30)28(21-13-17(2)6-11-23(21)32-22)16-24(29)27(15-20-5-4-12-31-20)14-18-7-9-19(26)10-8-18/h6-11,13,20,22H,3-5,12,14-16H2,1-2H3/t20-,22+/m1/s1. The third-order valence-corrected chi connectivity index (χ3v) is 5.97. The van der Waals surface area contributed by atoms with E-state index in [1.165, 1.54) is 17.0 Å². The van der Waals surface area contributed by atoms with Crippen LogP contribution in [0.1, 0.15) is 37.3 Å². The van der Waals surface area contributed by atoms with Crippen LogP contribution in [0.15, 0.2) is 42.5 Å². The molecule has 2 heterocycles. The monoisotopic (exact) mass is 440 g/mol. The fraction of sp³-hybridized carbons (Fsp3) is 0.440. The molecule has 0 aliphatic carbocycles. The van der Waals surface area contributed by atoms with Gasteiger partial charge in [-0.15, -0.1) is 0 Å². The zero-order chi connectivity index (χ0) is 22.7. The zero-order valence-corrected chi connectivity index (χ0v) is 18.6. The van der Waals surface area contributed by atoms with Crippen LogP contribution in [-0.2, 0) is 20.9 Å². The van der Waals surface area contributed by atoms with E-state index in [0.29, 0.717) is 37.6 Å². The van der Waals surface area contributed by atoms with Crippen LogP contribution in [0.4, 0.5) is 10.1 Å². The number of halogens is 1. The number of nitrogens with zero attached hydrogens (tertiary/aromatic N) is 2. The minimum atomic E-state index is -0.610. The van der Waals surface area contributed by atoms with Gasteiger partial charge in [0.15, 0.2) is 6.10 Å². The van der Waals surface area contributed by atoms with Crippen LogP contribution in [0, 0.1) is 12.7 Å². The van der Waals surface area contributed by atoms with Crippen LogP contribution in [-0.4, -0.2) is 48.6 Å². The molecule has 0 bridgehead atoms. The number of ether oxygens (including phenoxy) is 2. The fourth-order valence-corrected chi connectivity index (χ4v) is 4.19. The van der Waals surface area contributed by atoms with Crippen LogP contribution in [0.5, 0.6) is 5.75 Å². The summed E-state index contributed by atoms with van der Waals surface area (Å²) in [4.78, 5) is 29.8. The second-order valence-electron chi connectivity index (χ2n) is 8.45. The van der Waals surface area contributed by atoms with Crippen molar-refractivity contribution < 1.29 is 23.5 Å². The number of hydrogen-bond acceptors (Lipinski definition) is 4. The average Bonchev–Trinajstić information content (AvgIpc) is 3.30. The molecule has 170 valence electrons. The number of fused-ring (bicyclic) bond motifs is 1. The van der Waals surface area contributed by atoms with Gasteiger partial charge in [-0.1, -0.05) is 25.1 Å². The predicted octanol–water partition coefficient (Wildman–Crippen LogP) is 3.85. The number of amides is 2. The second-order valence-corrected chi connectivity index (χ2v) is 8.45. The maximum absolute atomic E-state index is 13.5. The smallest absolute Gasteiger partial charge is 0.268 e. The summed E-state index contributed by atoms with van der Waals surface area (Å²) in [6.07, 6.45) is 1.74. The summed E-state index contributed by atoms with van der Waals surface area (Å²) >= 11 is 0. The number of aryl methyl sites for hydroxylation is 1. The van der Waals surface area contributed by atoms with E-state index in [-0.39, 0.29) is 30.3 Å². The highest BCUT2D eigenvalue weighted by molar-refractivity contribution is 6.03. The molecule has 4 rings (SSSR count). The van der Waals surface area contributed by atoms with Crippen molar-refractivity contribution in [1.82, 2.24) is 4.90 Å². The van der Waals surface area contributed by atoms with Crippen molar-refractivity contribution in [3.63, 3.8) is 0 Å². The molecular formula is C25H29FN2O4. The molecule has 6 nitrogen and oxygen atoms in total. The number of hydrogen-bond donors (Lipinski definition) is 0. The molecule has 7 heteroatoms. The Bertz CT molecular complexity index is 972. The second kappa shape index (κ2) is 9.69. The summed E-state index contributed by atoms with van der Waals surface area (Å²) in [6.45, 7) is 5.20. The number of rotatable bonds is 7. The quantitative estimate of drug-likeness (QED) is 0.656. The van der Waals surface area contributed by atoms with Gasteiger partial charge in [-0.05, 0) is 61.6 Å². The Labute approximate surface area is 187 Å². The van der Waals surface area contributed by atoms with Crippen molar-refractivity contribution >= 4 is 17.5 Å². The molecule has 0 radical (unpaired) electrons. The maximum atomic E-state index is 13.5. The number of carbonyl (C=O) groups excluding carboxylic acids is 2. The molecule has 2 amide bonds. The highest BCUT2D eigenvalue weighted by Crippen LogP contribution is 2.35. The van der Waals surface area contributed by atoms with Gasteiger partial charge in [-0.3, -0.25) is 14.5 Å². The van der Waals surface area contributed by atoms with Gasteiger partial charge in [-0.2, -0.15) is 0 Å². The molecule has 2 aliphatic heterocycles. The first kappa shape index (κ1) is 22.3. The van der Waals surface area contributed by atoms with Crippen molar-refractivity contribution in [2.75, 3.05) is 24.6 Å². The summed E-state index contributed by atoms with van der Waals surface area (Å²) < 4.78 is 25.0. The van der Waals surface area contributed by atoms with Crippen LogP contribution < -0.4 is 9.64 Å². The van der Waals surface area contributed by atoms with E-state index >= 15 is 0 Å². The lowest BCUT2D eigenvalue weighted by Gasteiger charge is -2.35. The number of anilines is 1. The lowest BCUT2D eigenvalue weighted by molar-refractivity contribution is -0.135. The highest BCUT2D eigenvalue weighted by atomic mass is 19.1. The number of carbonyl (C=O) groups is 2. The van der Waals surface area contributed by atoms with Gasteiger partial charge in [0.25, 0.3) is 5.91 Å². The van der Waals surface area contributed by atoms with Gasteiger partial charge in [0, 0.05) is 19.7 Å². The lowest BCUT2D eigenvalue weighted by Crippen LogP contribution is -2.51. The Morgan fingerprint density at radius 2 is 2.00 bits per heavy atom. The van der Waals surface area contributed by atoms with Crippen molar-refractivity contribution in [3.8, 4) is 5.75 Å². The van der Waals surface area contributed by atoms with E-state index < -0.39 is 6.10 Å². The molecule has 0 aromatic heterocycles. The Balaban J connectivity index is 1.57. The lowest BCUT2D eigenvalue weighted by atomic mass is 10.1. The summed E-state index contributed by atoms with van der Waals surface area (Å²) in [5, 5.41) is 0. The van der Waals surface area contributed by atoms with Crippen LogP contribution in [0.2, 0.25) is 0 Å². The Morgan fingerprint density at radius 3 is 2.69 bits per heavy atom. The van der Waals surface area contributed by atoms with E-state index in [1.54, 1.807) is 17.0 Å². The molecule has 2 atom stereocenters. The summed E-state index contributed by atoms with van der Waals surface area (Å²) in [7, 11) is 0. The van der Waals surface area contributed by atoms with Crippen LogP contribution >= 0.6 is 0 Å². The summed E-state index contributed by atoms with van der Waals surface area (Å²) in [5.74, 6) is -0.0958. The van der Waals surface area contributed by atoms with E-state index in [4.69, 9.17) is 9.47 Å². The normalized spacial score (nSPS) is 20.1. The average molecular weight is 441 g/mol. The third kappa shape index (κ3) is 4.93. The molecule has 0 spiro atoms. The van der Waals surface area contributed by atoms with Crippen LogP contribution in [0.3, 0.4) is 0 Å². The molecule has 2 aliphatic rings. The summed E-state index contributed by atoms with van der Waals surface area (Å²) in [5.41, 5.74) is 2.43. The topological polar surface area (TPSA) is 59.1 Å². The fourth-order valence-electron chi connectivity index (χ4n) is 4.19. The van der Waals surface area contributed by atoms with E-state index in [2.05, 4.69) is 0 Å². The minimum absolute atomic E-state index is 0.0299. The molecule has 0 N–H and O–H groups in total. The van der Waals surface area contributed by atoms with E-state index in [1.807, 2.05) is 32.0 Å². The van der Waals surface area contributed by atoms with E-state index in [9.17, 15) is 14.0 Å². The highest BCUT2D eigenvalue weighted by Gasteiger charge is 2.35. The Kier molecular flexibility index (Phi) is 6.74. The van der Waals surface area contributed by atoms with Gasteiger partial charge >= 0.3 is 0 Å². The first-order valence-electron chi connectivity index (χ1n) is 11.2.